The molecular formula is C12H18O3. The summed E-state index contributed by atoms with van der Waals surface area (Å²) < 4.78 is 0. The summed E-state index contributed by atoms with van der Waals surface area (Å²) in [5.74, 6) is 1.28. The van der Waals surface area contributed by atoms with Crippen molar-refractivity contribution in [1.29, 1.82) is 0 Å². The highest BCUT2D eigenvalue weighted by atomic mass is 16.4. The maximum atomic E-state index is 11.3. The van der Waals surface area contributed by atoms with E-state index >= 15 is 0 Å². The summed E-state index contributed by atoms with van der Waals surface area (Å²) in [5, 5.41) is 8.75. The molecular weight excluding hydrogens is 192 g/mol. The van der Waals surface area contributed by atoms with Gasteiger partial charge in [0.05, 0.1) is 0 Å². The van der Waals surface area contributed by atoms with Crippen molar-refractivity contribution < 1.29 is 14.7 Å². The van der Waals surface area contributed by atoms with Gasteiger partial charge in [-0.3, -0.25) is 9.59 Å². The lowest BCUT2D eigenvalue weighted by Crippen LogP contribution is -2.31. The molecule has 3 nitrogen and oxygen atoms in total. The van der Waals surface area contributed by atoms with Gasteiger partial charge in [-0.15, -0.1) is 0 Å². The van der Waals surface area contributed by atoms with Gasteiger partial charge in [-0.1, -0.05) is 0 Å². The second-order valence-corrected chi connectivity index (χ2v) is 5.08. The molecule has 0 amide bonds. The van der Waals surface area contributed by atoms with Crippen LogP contribution in [0.5, 0.6) is 0 Å². The Labute approximate surface area is 89.9 Å². The van der Waals surface area contributed by atoms with Crippen molar-refractivity contribution in [3.05, 3.63) is 0 Å². The molecule has 3 heteroatoms. The smallest absolute Gasteiger partial charge is 0.303 e. The molecule has 0 aromatic carbocycles. The molecule has 3 atom stereocenters. The fourth-order valence-electron chi connectivity index (χ4n) is 3.22. The van der Waals surface area contributed by atoms with E-state index in [1.807, 2.05) is 0 Å². The highest BCUT2D eigenvalue weighted by Crippen LogP contribution is 2.42. The average Bonchev–Trinajstić information content (AvgIpc) is 2.17. The van der Waals surface area contributed by atoms with Crippen LogP contribution < -0.4 is 0 Å². The number of aliphatic carboxylic acids is 1. The molecule has 84 valence electrons. The molecule has 0 aromatic rings. The molecule has 0 aromatic heterocycles. The van der Waals surface area contributed by atoms with Crippen molar-refractivity contribution in [1.82, 2.24) is 0 Å². The van der Waals surface area contributed by atoms with Gasteiger partial charge in [-0.2, -0.15) is 0 Å². The molecule has 0 bridgehead atoms. The first-order valence-corrected chi connectivity index (χ1v) is 5.88. The Bertz CT molecular complexity index is 272. The predicted octanol–water partition coefficient (Wildman–Crippen LogP) is 2.25. The van der Waals surface area contributed by atoms with Crippen LogP contribution in [0, 0.1) is 17.8 Å². The van der Waals surface area contributed by atoms with Gasteiger partial charge in [0, 0.05) is 19.3 Å². The van der Waals surface area contributed by atoms with Crippen molar-refractivity contribution in [2.75, 3.05) is 0 Å². The Morgan fingerprint density at radius 2 is 2.07 bits per heavy atom. The van der Waals surface area contributed by atoms with Gasteiger partial charge < -0.3 is 5.11 Å². The highest BCUT2D eigenvalue weighted by molar-refractivity contribution is 5.79. The Kier molecular flexibility index (Phi) is 3.08. The van der Waals surface area contributed by atoms with E-state index in [0.29, 0.717) is 30.0 Å². The molecule has 0 unspecified atom stereocenters. The lowest BCUT2D eigenvalue weighted by molar-refractivity contribution is -0.139. The van der Waals surface area contributed by atoms with Crippen LogP contribution in [-0.2, 0) is 9.59 Å². The van der Waals surface area contributed by atoms with Crippen LogP contribution >= 0.6 is 0 Å². The number of carboxylic acids is 1. The number of hydrogen-bond donors (Lipinski definition) is 1. The second-order valence-electron chi connectivity index (χ2n) is 5.08. The molecule has 0 radical (unpaired) electrons. The van der Waals surface area contributed by atoms with Crippen molar-refractivity contribution in [3.63, 3.8) is 0 Å². The van der Waals surface area contributed by atoms with E-state index in [0.717, 1.165) is 38.5 Å². The zero-order chi connectivity index (χ0) is 10.8. The Hall–Kier alpha value is -0.860. The van der Waals surface area contributed by atoms with Crippen LogP contribution in [0.25, 0.3) is 0 Å². The van der Waals surface area contributed by atoms with Gasteiger partial charge in [0.25, 0.3) is 0 Å². The first-order chi connectivity index (χ1) is 7.15. The van der Waals surface area contributed by atoms with E-state index in [1.54, 1.807) is 0 Å². The van der Waals surface area contributed by atoms with Crippen molar-refractivity contribution in [2.24, 2.45) is 17.8 Å². The summed E-state index contributed by atoms with van der Waals surface area (Å²) in [6.07, 6.45) is 5.89. The third kappa shape index (κ3) is 2.58. The fourth-order valence-corrected chi connectivity index (χ4v) is 3.22. The fraction of sp³-hybridized carbons (Fsp3) is 0.833. The third-order valence-electron chi connectivity index (χ3n) is 4.00. The number of fused-ring (bicyclic) bond motifs is 1. The van der Waals surface area contributed by atoms with Gasteiger partial charge >= 0.3 is 5.97 Å². The standard InChI is InChI=1S/C12H18O3/c13-11-4-3-9-5-8(6-12(14)15)1-2-10(9)7-11/h8-10H,1-7H2,(H,14,15)/t8-,9-,10-/m1/s1. The van der Waals surface area contributed by atoms with Crippen LogP contribution in [0.2, 0.25) is 0 Å². The van der Waals surface area contributed by atoms with Gasteiger partial charge in [-0.25, -0.2) is 0 Å². The van der Waals surface area contributed by atoms with Crippen molar-refractivity contribution in [3.8, 4) is 0 Å². The minimum absolute atomic E-state index is 0.317. The van der Waals surface area contributed by atoms with E-state index < -0.39 is 5.97 Å². The van der Waals surface area contributed by atoms with Gasteiger partial charge in [0.15, 0.2) is 0 Å². The largest absolute Gasteiger partial charge is 0.481 e. The quantitative estimate of drug-likeness (QED) is 0.760. The van der Waals surface area contributed by atoms with Gasteiger partial charge in [-0.05, 0) is 43.4 Å². The van der Waals surface area contributed by atoms with Gasteiger partial charge in [0.1, 0.15) is 5.78 Å². The van der Waals surface area contributed by atoms with E-state index in [4.69, 9.17) is 5.11 Å². The molecule has 2 fully saturated rings. The third-order valence-corrected chi connectivity index (χ3v) is 4.00. The number of carbonyl (C=O) groups excluding carboxylic acids is 1. The summed E-state index contributed by atoms with van der Waals surface area (Å²) in [5.41, 5.74) is 0. The summed E-state index contributed by atoms with van der Waals surface area (Å²) in [6, 6.07) is 0. The number of ketones is 1. The van der Waals surface area contributed by atoms with E-state index in [1.165, 1.54) is 0 Å². The minimum atomic E-state index is -0.676. The SMILES string of the molecule is O=C(O)C[C@@H]1CC[C@@H]2CC(=O)CC[C@@H]2C1. The maximum Gasteiger partial charge on any atom is 0.303 e. The topological polar surface area (TPSA) is 54.4 Å². The number of carboxylic acid groups (broad SMARTS) is 1. The number of carbonyl (C=O) groups is 2. The van der Waals surface area contributed by atoms with Crippen molar-refractivity contribution >= 4 is 11.8 Å². The van der Waals surface area contributed by atoms with Gasteiger partial charge in [0.2, 0.25) is 0 Å². The maximum absolute atomic E-state index is 11.3. The Morgan fingerprint density at radius 3 is 2.80 bits per heavy atom. The van der Waals surface area contributed by atoms with E-state index in [2.05, 4.69) is 0 Å². The number of rotatable bonds is 2. The molecule has 2 saturated carbocycles. The molecule has 1 N–H and O–H groups in total. The number of Topliss-reactive ketones (excluding diaryl/α,β-unsaturated/α-hetero) is 1. The zero-order valence-electron chi connectivity index (χ0n) is 8.95. The Morgan fingerprint density at radius 1 is 1.27 bits per heavy atom. The van der Waals surface area contributed by atoms with Crippen LogP contribution in [0.1, 0.15) is 44.9 Å². The first kappa shape index (κ1) is 10.7. The molecule has 0 spiro atoms. The lowest BCUT2D eigenvalue weighted by Gasteiger charge is -2.38. The molecule has 0 aliphatic heterocycles. The summed E-state index contributed by atoms with van der Waals surface area (Å²) in [6.45, 7) is 0. The second kappa shape index (κ2) is 4.33. The molecule has 2 rings (SSSR count). The highest BCUT2D eigenvalue weighted by Gasteiger charge is 2.35. The summed E-state index contributed by atoms with van der Waals surface area (Å²) >= 11 is 0. The van der Waals surface area contributed by atoms with Crippen LogP contribution in [0.15, 0.2) is 0 Å². The zero-order valence-corrected chi connectivity index (χ0v) is 8.95. The molecule has 2 aliphatic carbocycles. The molecule has 2 aliphatic rings. The average molecular weight is 210 g/mol. The molecule has 0 heterocycles. The Balaban J connectivity index is 1.89. The molecule has 15 heavy (non-hydrogen) atoms. The summed E-state index contributed by atoms with van der Waals surface area (Å²) in [4.78, 5) is 21.9. The molecule has 0 saturated heterocycles. The van der Waals surface area contributed by atoms with E-state index in [-0.39, 0.29) is 0 Å². The van der Waals surface area contributed by atoms with E-state index in [9.17, 15) is 9.59 Å². The predicted molar refractivity (Wildman–Crippen MR) is 55.4 cm³/mol. The summed E-state index contributed by atoms with van der Waals surface area (Å²) in [7, 11) is 0. The van der Waals surface area contributed by atoms with Crippen LogP contribution in [0.3, 0.4) is 0 Å². The number of hydrogen-bond acceptors (Lipinski definition) is 2. The van der Waals surface area contributed by atoms with Crippen LogP contribution in [-0.4, -0.2) is 16.9 Å². The normalized spacial score (nSPS) is 36.0. The van der Waals surface area contributed by atoms with Crippen LogP contribution in [0.4, 0.5) is 0 Å². The van der Waals surface area contributed by atoms with Crippen molar-refractivity contribution in [2.45, 2.75) is 44.9 Å². The monoisotopic (exact) mass is 210 g/mol. The lowest BCUT2D eigenvalue weighted by atomic mass is 9.66. The first-order valence-electron chi connectivity index (χ1n) is 5.88. The minimum Gasteiger partial charge on any atom is -0.481 e.